The summed E-state index contributed by atoms with van der Waals surface area (Å²) in [7, 11) is 0. The minimum absolute atomic E-state index is 0.0787. The van der Waals surface area contributed by atoms with Crippen LogP contribution in [0.15, 0.2) is 0 Å². The van der Waals surface area contributed by atoms with E-state index in [-0.39, 0.29) is 12.8 Å². The molecular formula is C10H17F2N. The van der Waals surface area contributed by atoms with Gasteiger partial charge in [-0.2, -0.15) is 0 Å². The summed E-state index contributed by atoms with van der Waals surface area (Å²) in [6.07, 6.45) is 5.57. The van der Waals surface area contributed by atoms with Gasteiger partial charge >= 0.3 is 0 Å². The molecule has 0 aromatic heterocycles. The van der Waals surface area contributed by atoms with Crippen molar-refractivity contribution < 1.29 is 8.78 Å². The van der Waals surface area contributed by atoms with Crippen molar-refractivity contribution in [3.63, 3.8) is 0 Å². The van der Waals surface area contributed by atoms with E-state index >= 15 is 0 Å². The Morgan fingerprint density at radius 1 is 1.00 bits per heavy atom. The Hall–Kier alpha value is -0.180. The van der Waals surface area contributed by atoms with Gasteiger partial charge in [0.2, 0.25) is 0 Å². The zero-order valence-corrected chi connectivity index (χ0v) is 7.86. The molecule has 0 radical (unpaired) electrons. The molecule has 2 rings (SSSR count). The van der Waals surface area contributed by atoms with E-state index in [1.165, 1.54) is 19.3 Å². The van der Waals surface area contributed by atoms with Gasteiger partial charge in [-0.05, 0) is 18.8 Å². The second-order valence-corrected chi connectivity index (χ2v) is 4.78. The molecule has 2 N–H and O–H groups in total. The van der Waals surface area contributed by atoms with Crippen LogP contribution in [0.1, 0.15) is 44.9 Å². The van der Waals surface area contributed by atoms with Gasteiger partial charge in [0.15, 0.2) is 0 Å². The standard InChI is InChI=1S/C10H17F2N/c11-10(12)6-9(13,7-10)8-4-2-1-3-5-8/h8H,1-7,13H2. The minimum atomic E-state index is -2.47. The molecule has 0 bridgehead atoms. The lowest BCUT2D eigenvalue weighted by Gasteiger charge is -2.50. The number of rotatable bonds is 1. The molecule has 0 amide bonds. The van der Waals surface area contributed by atoms with Crippen molar-refractivity contribution in [1.29, 1.82) is 0 Å². The van der Waals surface area contributed by atoms with Crippen LogP contribution in [0, 0.1) is 5.92 Å². The quantitative estimate of drug-likeness (QED) is 0.674. The minimum Gasteiger partial charge on any atom is -0.324 e. The Balaban J connectivity index is 1.93. The molecule has 0 atom stereocenters. The Bertz CT molecular complexity index is 189. The molecule has 2 aliphatic carbocycles. The van der Waals surface area contributed by atoms with E-state index in [1.54, 1.807) is 0 Å². The highest BCUT2D eigenvalue weighted by Gasteiger charge is 2.57. The molecule has 0 unspecified atom stereocenters. The molecule has 76 valence electrons. The maximum absolute atomic E-state index is 12.7. The summed E-state index contributed by atoms with van der Waals surface area (Å²) in [4.78, 5) is 0. The number of hydrogen-bond acceptors (Lipinski definition) is 1. The fraction of sp³-hybridized carbons (Fsp3) is 1.00. The van der Waals surface area contributed by atoms with Crippen molar-refractivity contribution in [2.45, 2.75) is 56.4 Å². The molecule has 0 spiro atoms. The lowest BCUT2D eigenvalue weighted by Crippen LogP contribution is -2.62. The highest BCUT2D eigenvalue weighted by Crippen LogP contribution is 2.51. The largest absolute Gasteiger partial charge is 0.324 e. The molecule has 2 aliphatic rings. The predicted molar refractivity (Wildman–Crippen MR) is 47.7 cm³/mol. The average Bonchev–Trinajstić information content (AvgIpc) is 2.02. The third kappa shape index (κ3) is 1.71. The van der Waals surface area contributed by atoms with Gasteiger partial charge in [0.1, 0.15) is 0 Å². The van der Waals surface area contributed by atoms with Crippen LogP contribution >= 0.6 is 0 Å². The predicted octanol–water partition coefficient (Wildman–Crippen LogP) is 2.69. The van der Waals surface area contributed by atoms with Crippen molar-refractivity contribution in [3.8, 4) is 0 Å². The second-order valence-electron chi connectivity index (χ2n) is 4.78. The Morgan fingerprint density at radius 2 is 1.54 bits per heavy atom. The number of hydrogen-bond donors (Lipinski definition) is 1. The van der Waals surface area contributed by atoms with E-state index in [9.17, 15) is 8.78 Å². The first kappa shape index (κ1) is 9.38. The summed E-state index contributed by atoms with van der Waals surface area (Å²) < 4.78 is 25.4. The van der Waals surface area contributed by atoms with Crippen molar-refractivity contribution in [2.75, 3.05) is 0 Å². The van der Waals surface area contributed by atoms with Gasteiger partial charge in [0.25, 0.3) is 5.92 Å². The Labute approximate surface area is 77.7 Å². The number of halogens is 2. The van der Waals surface area contributed by atoms with Gasteiger partial charge in [0.05, 0.1) is 0 Å². The topological polar surface area (TPSA) is 26.0 Å². The van der Waals surface area contributed by atoms with Crippen LogP contribution in [0.25, 0.3) is 0 Å². The maximum Gasteiger partial charge on any atom is 0.251 e. The first-order valence-electron chi connectivity index (χ1n) is 5.19. The van der Waals surface area contributed by atoms with Gasteiger partial charge < -0.3 is 5.73 Å². The molecule has 2 saturated carbocycles. The van der Waals surface area contributed by atoms with Gasteiger partial charge in [-0.3, -0.25) is 0 Å². The molecule has 2 fully saturated rings. The highest BCUT2D eigenvalue weighted by atomic mass is 19.3. The summed E-state index contributed by atoms with van der Waals surface area (Å²) in [5.41, 5.74) is 5.45. The molecule has 0 aromatic rings. The summed E-state index contributed by atoms with van der Waals surface area (Å²) >= 11 is 0. The third-order valence-corrected chi connectivity index (χ3v) is 3.59. The molecule has 0 heterocycles. The highest BCUT2D eigenvalue weighted by molar-refractivity contribution is 5.07. The van der Waals surface area contributed by atoms with Gasteiger partial charge in [-0.1, -0.05) is 19.3 Å². The lowest BCUT2D eigenvalue weighted by molar-refractivity contribution is -0.142. The summed E-state index contributed by atoms with van der Waals surface area (Å²) in [6, 6.07) is 0. The number of nitrogens with two attached hydrogens (primary N) is 1. The molecule has 0 saturated heterocycles. The number of alkyl halides is 2. The molecule has 0 aromatic carbocycles. The van der Waals surface area contributed by atoms with Crippen molar-refractivity contribution >= 4 is 0 Å². The molecule has 3 heteroatoms. The Morgan fingerprint density at radius 3 is 2.00 bits per heavy atom. The molecule has 1 nitrogen and oxygen atoms in total. The summed E-state index contributed by atoms with van der Waals surface area (Å²) in [5.74, 6) is -2.10. The zero-order chi connectivity index (χ0) is 9.53. The van der Waals surface area contributed by atoms with E-state index in [0.29, 0.717) is 5.92 Å². The van der Waals surface area contributed by atoms with Gasteiger partial charge in [-0.15, -0.1) is 0 Å². The van der Waals surface area contributed by atoms with Gasteiger partial charge in [-0.25, -0.2) is 8.78 Å². The summed E-state index contributed by atoms with van der Waals surface area (Å²) in [6.45, 7) is 0. The fourth-order valence-corrected chi connectivity index (χ4v) is 2.88. The van der Waals surface area contributed by atoms with Crippen LogP contribution in [-0.2, 0) is 0 Å². The van der Waals surface area contributed by atoms with Crippen LogP contribution in [0.2, 0.25) is 0 Å². The monoisotopic (exact) mass is 189 g/mol. The van der Waals surface area contributed by atoms with Crippen molar-refractivity contribution in [3.05, 3.63) is 0 Å². The lowest BCUT2D eigenvalue weighted by atomic mass is 9.62. The van der Waals surface area contributed by atoms with Crippen molar-refractivity contribution in [1.82, 2.24) is 0 Å². The normalized spacial score (nSPS) is 32.5. The smallest absolute Gasteiger partial charge is 0.251 e. The van der Waals surface area contributed by atoms with E-state index < -0.39 is 11.5 Å². The molecule has 13 heavy (non-hydrogen) atoms. The van der Waals surface area contributed by atoms with Crippen LogP contribution in [0.3, 0.4) is 0 Å². The van der Waals surface area contributed by atoms with Crippen LogP contribution < -0.4 is 5.73 Å². The summed E-state index contributed by atoms with van der Waals surface area (Å²) in [5, 5.41) is 0. The first-order valence-corrected chi connectivity index (χ1v) is 5.19. The van der Waals surface area contributed by atoms with E-state index in [0.717, 1.165) is 12.8 Å². The second kappa shape index (κ2) is 2.91. The van der Waals surface area contributed by atoms with E-state index in [4.69, 9.17) is 5.73 Å². The van der Waals surface area contributed by atoms with Crippen LogP contribution in [-0.4, -0.2) is 11.5 Å². The third-order valence-electron chi connectivity index (χ3n) is 3.59. The van der Waals surface area contributed by atoms with E-state index in [2.05, 4.69) is 0 Å². The van der Waals surface area contributed by atoms with Crippen LogP contribution in [0.5, 0.6) is 0 Å². The van der Waals surface area contributed by atoms with Crippen molar-refractivity contribution in [2.24, 2.45) is 11.7 Å². The molecular weight excluding hydrogens is 172 g/mol. The molecule has 0 aliphatic heterocycles. The SMILES string of the molecule is NC1(C2CCCCC2)CC(F)(F)C1. The zero-order valence-electron chi connectivity index (χ0n) is 7.86. The maximum atomic E-state index is 12.7. The van der Waals surface area contributed by atoms with Crippen LogP contribution in [0.4, 0.5) is 8.78 Å². The van der Waals surface area contributed by atoms with Gasteiger partial charge in [0, 0.05) is 18.4 Å². The Kier molecular flexibility index (Phi) is 2.10. The average molecular weight is 189 g/mol. The van der Waals surface area contributed by atoms with E-state index in [1.807, 2.05) is 0 Å². The fourth-order valence-electron chi connectivity index (χ4n) is 2.88. The first-order chi connectivity index (χ1) is 6.02.